The van der Waals surface area contributed by atoms with Crippen molar-refractivity contribution in [2.75, 3.05) is 21.3 Å². The molecule has 3 aromatic carbocycles. The van der Waals surface area contributed by atoms with Crippen LogP contribution in [-0.4, -0.2) is 38.7 Å². The maximum absolute atomic E-state index is 10.4. The number of carbonyl (C=O) groups excluding carboxylic acids is 1. The van der Waals surface area contributed by atoms with Gasteiger partial charge in [0.1, 0.15) is 23.5 Å². The lowest BCUT2D eigenvalue weighted by molar-refractivity contribution is 0.0696. The fourth-order valence-corrected chi connectivity index (χ4v) is 2.09. The quantitative estimate of drug-likeness (QED) is 0.602. The van der Waals surface area contributed by atoms with Crippen molar-refractivity contribution in [3.8, 4) is 17.2 Å². The molecule has 30 heavy (non-hydrogen) atoms. The van der Waals surface area contributed by atoms with E-state index >= 15 is 0 Å². The van der Waals surface area contributed by atoms with Gasteiger partial charge in [0.15, 0.2) is 0 Å². The number of rotatable bonds is 5. The minimum atomic E-state index is -0.923. The second-order valence-corrected chi connectivity index (χ2v) is 5.94. The number of carbonyl (C=O) groups is 2. The van der Waals surface area contributed by atoms with Crippen molar-refractivity contribution in [3.63, 3.8) is 0 Å². The highest BCUT2D eigenvalue weighted by atomic mass is 16.5. The minimum absolute atomic E-state index is 0.269. The van der Waals surface area contributed by atoms with Gasteiger partial charge in [0.2, 0.25) is 0 Å². The number of hydrogen-bond donors (Lipinski definition) is 1. The summed E-state index contributed by atoms with van der Waals surface area (Å²) < 4.78 is 14.7. The second kappa shape index (κ2) is 13.4. The molecule has 1 N–H and O–H groups in total. The van der Waals surface area contributed by atoms with E-state index in [2.05, 4.69) is 6.92 Å². The van der Waals surface area contributed by atoms with Crippen LogP contribution in [0.5, 0.6) is 17.2 Å². The van der Waals surface area contributed by atoms with Crippen molar-refractivity contribution in [2.45, 2.75) is 6.92 Å². The molecule has 0 aliphatic carbocycles. The molecule has 0 amide bonds. The summed E-state index contributed by atoms with van der Waals surface area (Å²) in [6, 6.07) is 21.1. The van der Waals surface area contributed by atoms with Crippen molar-refractivity contribution < 1.29 is 28.9 Å². The Morgan fingerprint density at radius 3 is 1.40 bits per heavy atom. The van der Waals surface area contributed by atoms with Gasteiger partial charge < -0.3 is 19.3 Å². The summed E-state index contributed by atoms with van der Waals surface area (Å²) in [6.07, 6.45) is 0.805. The van der Waals surface area contributed by atoms with Crippen molar-refractivity contribution in [3.05, 3.63) is 89.5 Å². The lowest BCUT2D eigenvalue weighted by Gasteiger charge is -1.98. The van der Waals surface area contributed by atoms with Crippen LogP contribution < -0.4 is 14.2 Å². The molecule has 3 aromatic rings. The first kappa shape index (κ1) is 24.2. The van der Waals surface area contributed by atoms with E-state index in [-0.39, 0.29) is 5.56 Å². The molecule has 0 aliphatic rings. The molecule has 3 rings (SSSR count). The number of carboxylic acids is 1. The van der Waals surface area contributed by atoms with Gasteiger partial charge in [-0.25, -0.2) is 4.79 Å². The normalized spacial score (nSPS) is 9.07. The number of methoxy groups -OCH3 is 3. The molecule has 0 heterocycles. The van der Waals surface area contributed by atoms with Crippen LogP contribution in [0.15, 0.2) is 72.8 Å². The lowest BCUT2D eigenvalue weighted by Crippen LogP contribution is -1.95. The van der Waals surface area contributed by atoms with E-state index in [9.17, 15) is 9.59 Å². The Kier molecular flexibility index (Phi) is 10.8. The third-order valence-corrected chi connectivity index (χ3v) is 3.85. The molecule has 0 bridgehead atoms. The van der Waals surface area contributed by atoms with Gasteiger partial charge in [0.25, 0.3) is 0 Å². The first-order valence-electron chi connectivity index (χ1n) is 9.00. The van der Waals surface area contributed by atoms with E-state index in [1.54, 1.807) is 50.6 Å². The minimum Gasteiger partial charge on any atom is -0.497 e. The summed E-state index contributed by atoms with van der Waals surface area (Å²) >= 11 is 0. The van der Waals surface area contributed by atoms with E-state index in [4.69, 9.17) is 19.3 Å². The topological polar surface area (TPSA) is 82.1 Å². The molecule has 6 heteroatoms. The van der Waals surface area contributed by atoms with Gasteiger partial charge in [0, 0.05) is 5.56 Å². The summed E-state index contributed by atoms with van der Waals surface area (Å²) in [4.78, 5) is 20.5. The molecule has 0 aliphatic heterocycles. The van der Waals surface area contributed by atoms with E-state index in [0.29, 0.717) is 11.3 Å². The fraction of sp³-hybridized carbons (Fsp3) is 0.167. The smallest absolute Gasteiger partial charge is 0.335 e. The van der Waals surface area contributed by atoms with Gasteiger partial charge in [-0.1, -0.05) is 17.7 Å². The maximum atomic E-state index is 10.4. The predicted molar refractivity (Wildman–Crippen MR) is 116 cm³/mol. The molecular weight excluding hydrogens is 384 g/mol. The van der Waals surface area contributed by atoms with Crippen molar-refractivity contribution in [1.82, 2.24) is 0 Å². The van der Waals surface area contributed by atoms with Crippen LogP contribution >= 0.6 is 0 Å². The van der Waals surface area contributed by atoms with Crippen LogP contribution in [0.4, 0.5) is 0 Å². The van der Waals surface area contributed by atoms with Crippen LogP contribution in [0.2, 0.25) is 0 Å². The summed E-state index contributed by atoms with van der Waals surface area (Å²) in [5, 5.41) is 8.51. The number of aromatic carboxylic acids is 1. The first-order valence-corrected chi connectivity index (χ1v) is 9.00. The summed E-state index contributed by atoms with van der Waals surface area (Å²) in [6.45, 7) is 2.06. The van der Waals surface area contributed by atoms with Gasteiger partial charge in [-0.3, -0.25) is 4.79 Å². The second-order valence-electron chi connectivity index (χ2n) is 5.94. The Hall–Kier alpha value is -3.80. The van der Waals surface area contributed by atoms with Crippen molar-refractivity contribution >= 4 is 12.3 Å². The number of carboxylic acid groups (broad SMARTS) is 1. The molecule has 0 aromatic heterocycles. The number of hydrogen-bond acceptors (Lipinski definition) is 5. The van der Waals surface area contributed by atoms with Crippen LogP contribution in [0.3, 0.4) is 0 Å². The Balaban J connectivity index is 0.000000226. The molecular formula is C24H26O6. The molecule has 0 saturated carbocycles. The number of ether oxygens (including phenoxy) is 3. The zero-order valence-electron chi connectivity index (χ0n) is 17.5. The van der Waals surface area contributed by atoms with Gasteiger partial charge in [-0.15, -0.1) is 0 Å². The predicted octanol–water partition coefficient (Wildman–Crippen LogP) is 4.90. The number of benzene rings is 3. The lowest BCUT2D eigenvalue weighted by atomic mass is 10.2. The molecule has 0 radical (unpaired) electrons. The zero-order chi connectivity index (χ0) is 22.4. The van der Waals surface area contributed by atoms with Crippen molar-refractivity contribution in [2.24, 2.45) is 0 Å². The van der Waals surface area contributed by atoms with Gasteiger partial charge in [-0.2, -0.15) is 0 Å². The zero-order valence-corrected chi connectivity index (χ0v) is 17.5. The highest BCUT2D eigenvalue weighted by Crippen LogP contribution is 2.11. The van der Waals surface area contributed by atoms with Crippen molar-refractivity contribution in [1.29, 1.82) is 0 Å². The molecule has 158 valence electrons. The highest BCUT2D eigenvalue weighted by molar-refractivity contribution is 5.87. The summed E-state index contributed by atoms with van der Waals surface area (Å²) in [5.41, 5.74) is 2.20. The fourth-order valence-electron chi connectivity index (χ4n) is 2.09. The third kappa shape index (κ3) is 8.93. The Morgan fingerprint density at radius 1 is 0.700 bits per heavy atom. The largest absolute Gasteiger partial charge is 0.497 e. The van der Waals surface area contributed by atoms with Gasteiger partial charge >= 0.3 is 5.97 Å². The van der Waals surface area contributed by atoms with Crippen LogP contribution in [0.25, 0.3) is 0 Å². The van der Waals surface area contributed by atoms with E-state index in [1.807, 2.05) is 24.3 Å². The third-order valence-electron chi connectivity index (χ3n) is 3.85. The maximum Gasteiger partial charge on any atom is 0.335 e. The SMILES string of the molecule is COc1ccc(C(=O)O)cc1.COc1ccc(C)cc1.COc1ccc(C=O)cc1. The average molecular weight is 410 g/mol. The standard InChI is InChI=1S/C8H8O3.C8H8O2.C8H10O/c1-11-7-4-2-6(3-5-7)8(9)10;1-10-8-4-2-7(6-9)3-5-8;1-7-3-5-8(9-2)6-4-7/h2-5H,1H3,(H,9,10);2-6H,1H3;3-6H,1-2H3. The number of aldehydes is 1. The average Bonchev–Trinajstić information content (AvgIpc) is 2.80. The van der Waals surface area contributed by atoms with Gasteiger partial charge in [0.05, 0.1) is 26.9 Å². The highest BCUT2D eigenvalue weighted by Gasteiger charge is 2.00. The molecule has 0 spiro atoms. The Bertz CT molecular complexity index is 884. The van der Waals surface area contributed by atoms with Crippen LogP contribution in [0.1, 0.15) is 26.3 Å². The monoisotopic (exact) mass is 410 g/mol. The molecule has 0 saturated heterocycles. The summed E-state index contributed by atoms with van der Waals surface area (Å²) in [5.74, 6) is 1.42. The van der Waals surface area contributed by atoms with Crippen LogP contribution in [0, 0.1) is 6.92 Å². The Labute approximate surface area is 176 Å². The van der Waals surface area contributed by atoms with Crippen LogP contribution in [-0.2, 0) is 0 Å². The molecule has 0 unspecified atom stereocenters. The molecule has 6 nitrogen and oxygen atoms in total. The van der Waals surface area contributed by atoms with E-state index in [1.165, 1.54) is 24.8 Å². The number of aryl methyl sites for hydroxylation is 1. The van der Waals surface area contributed by atoms with Gasteiger partial charge in [-0.05, 0) is 67.6 Å². The molecule has 0 fully saturated rings. The first-order chi connectivity index (χ1) is 14.4. The molecule has 0 atom stereocenters. The summed E-state index contributed by atoms with van der Waals surface area (Å²) in [7, 11) is 4.80. The van der Waals surface area contributed by atoms with E-state index < -0.39 is 5.97 Å². The van der Waals surface area contributed by atoms with E-state index in [0.717, 1.165) is 17.8 Å². The Morgan fingerprint density at radius 2 is 1.07 bits per heavy atom.